The van der Waals surface area contributed by atoms with Gasteiger partial charge in [0, 0.05) is 77.9 Å². The number of aromatic nitrogens is 2. The van der Waals surface area contributed by atoms with Gasteiger partial charge in [-0.3, -0.25) is 0 Å². The quantitative estimate of drug-likeness (QED) is 0.107. The molecule has 2 aliphatic rings. The molecule has 2 aliphatic heterocycles. The van der Waals surface area contributed by atoms with Gasteiger partial charge in [0.15, 0.2) is 0 Å². The van der Waals surface area contributed by atoms with Crippen LogP contribution >= 0.6 is 0 Å². The summed E-state index contributed by atoms with van der Waals surface area (Å²) in [5, 5.41) is 4.84. The first-order valence-electron chi connectivity index (χ1n) is 42.8. The lowest BCUT2D eigenvalue weighted by Crippen LogP contribution is -2.61. The molecule has 122 heavy (non-hydrogen) atoms. The molecule has 0 saturated heterocycles. The number of hydrogen-bond donors (Lipinski definition) is 0. The summed E-state index contributed by atoms with van der Waals surface area (Å²) in [5.41, 5.74) is 41.0. The van der Waals surface area contributed by atoms with Gasteiger partial charge in [-0.15, -0.1) is 0 Å². The first-order chi connectivity index (χ1) is 59.7. The highest BCUT2D eigenvalue weighted by molar-refractivity contribution is 7.00. The third kappa shape index (κ3) is 12.6. The van der Waals surface area contributed by atoms with Gasteiger partial charge < -0.3 is 18.9 Å². The number of hydrogen-bond acceptors (Lipinski definition) is 2. The van der Waals surface area contributed by atoms with E-state index in [2.05, 4.69) is 480 Å². The van der Waals surface area contributed by atoms with Crippen molar-refractivity contribution in [3.63, 3.8) is 0 Å². The first kappa shape index (κ1) is 73.6. The minimum atomic E-state index is -0.290. The number of aryl methyl sites for hydroxylation is 1. The summed E-state index contributed by atoms with van der Waals surface area (Å²) >= 11 is 0. The molecule has 0 N–H and O–H groups in total. The van der Waals surface area contributed by atoms with E-state index in [0.29, 0.717) is 0 Å². The molecule has 0 amide bonds. The van der Waals surface area contributed by atoms with Crippen molar-refractivity contribution in [2.75, 3.05) is 9.80 Å². The van der Waals surface area contributed by atoms with Gasteiger partial charge in [-0.25, -0.2) is 0 Å². The Kier molecular flexibility index (Phi) is 17.7. The van der Waals surface area contributed by atoms with Gasteiger partial charge in [-0.2, -0.15) is 0 Å². The maximum Gasteiger partial charge on any atom is 0.252 e. The van der Waals surface area contributed by atoms with E-state index in [0.717, 1.165) is 140 Å². The Balaban J connectivity index is 0.872. The molecule has 22 rings (SSSR count). The van der Waals surface area contributed by atoms with Crippen LogP contribution in [0.3, 0.4) is 0 Å². The van der Waals surface area contributed by atoms with E-state index in [1.807, 2.05) is 0 Å². The molecule has 2 aromatic heterocycles. The zero-order chi connectivity index (χ0) is 82.1. The summed E-state index contributed by atoms with van der Waals surface area (Å²) < 4.78 is 5.04. The molecule has 0 fully saturated rings. The number of nitrogens with zero attached hydrogens (tertiary/aromatic N) is 4. The van der Waals surface area contributed by atoms with Gasteiger partial charge in [0.1, 0.15) is 0 Å². The van der Waals surface area contributed by atoms with Crippen molar-refractivity contribution in [1.29, 1.82) is 0 Å². The van der Waals surface area contributed by atoms with Crippen LogP contribution in [0.25, 0.3) is 155 Å². The van der Waals surface area contributed by atoms with Crippen LogP contribution in [0.15, 0.2) is 413 Å². The average molecular weight is 1560 g/mol. The Bertz CT molecular complexity index is 7480. The van der Waals surface area contributed by atoms with E-state index in [4.69, 9.17) is 0 Å². The van der Waals surface area contributed by atoms with E-state index >= 15 is 0 Å². The molecule has 5 heteroatoms. The molecule has 0 saturated carbocycles. The Labute approximate surface area is 714 Å². The van der Waals surface area contributed by atoms with E-state index in [1.54, 1.807) is 0 Å². The number of fused-ring (bicyclic) bond motifs is 10. The molecular formula is C117H89BN4. The fraction of sp³-hybridized carbons (Fsp3) is 0.0769. The van der Waals surface area contributed by atoms with Crippen molar-refractivity contribution in [3.8, 4) is 112 Å². The SMILES string of the molecule is Cc1cc2c3c(c1)N(c1c(-c4ccccc4)cc(C(C)(C)C)cc1-c1cccc(-c4cccc(-c5ccccc5)c4)c1)c1cc(-n4c5ccccc5c5cc(-c6ccccc6)ccc54)ccc1B3c1ccc(-n3c4ccccc4c4ccccc43)cc1N2c1c(-c2ccccc2)cc(C(C)(C)C)cc1-c1cccc(-c2cccc(-c3ccccc3)c2)c1. The molecule has 0 aliphatic carbocycles. The summed E-state index contributed by atoms with van der Waals surface area (Å²) in [5.74, 6) is 0. The van der Waals surface area contributed by atoms with E-state index in [9.17, 15) is 0 Å². The third-order valence-electron chi connectivity index (χ3n) is 25.6. The highest BCUT2D eigenvalue weighted by Gasteiger charge is 2.46. The predicted molar refractivity (Wildman–Crippen MR) is 520 cm³/mol. The maximum absolute atomic E-state index is 2.74. The minimum absolute atomic E-state index is 0.259. The first-order valence-corrected chi connectivity index (χ1v) is 42.8. The molecule has 0 bridgehead atoms. The van der Waals surface area contributed by atoms with Crippen molar-refractivity contribution in [2.24, 2.45) is 0 Å². The molecule has 0 spiro atoms. The number of para-hydroxylation sites is 3. The largest absolute Gasteiger partial charge is 0.310 e. The highest BCUT2D eigenvalue weighted by atomic mass is 15.2. The Morgan fingerprint density at radius 3 is 0.869 bits per heavy atom. The molecule has 580 valence electrons. The third-order valence-corrected chi connectivity index (χ3v) is 25.6. The molecule has 0 atom stereocenters. The average Bonchev–Trinajstić information content (AvgIpc) is 0.890. The second-order valence-corrected chi connectivity index (χ2v) is 35.3. The highest BCUT2D eigenvalue weighted by Crippen LogP contribution is 2.56. The summed E-state index contributed by atoms with van der Waals surface area (Å²) in [4.78, 5) is 5.47. The van der Waals surface area contributed by atoms with Crippen molar-refractivity contribution < 1.29 is 0 Å². The summed E-state index contributed by atoms with van der Waals surface area (Å²) in [6.07, 6.45) is 0. The Hall–Kier alpha value is -14.8. The molecule has 18 aromatic carbocycles. The van der Waals surface area contributed by atoms with Crippen molar-refractivity contribution in [3.05, 3.63) is 429 Å². The van der Waals surface area contributed by atoms with Gasteiger partial charge in [-0.1, -0.05) is 339 Å². The van der Waals surface area contributed by atoms with Gasteiger partial charge in [0.2, 0.25) is 0 Å². The summed E-state index contributed by atoms with van der Waals surface area (Å²) in [6.45, 7) is 16.3. The fourth-order valence-corrected chi connectivity index (χ4v) is 19.6. The number of benzene rings is 18. The van der Waals surface area contributed by atoms with Crippen LogP contribution in [0.2, 0.25) is 0 Å². The van der Waals surface area contributed by atoms with Crippen LogP contribution in [0.1, 0.15) is 58.2 Å². The van der Waals surface area contributed by atoms with E-state index in [1.165, 1.54) is 82.4 Å². The molecule has 0 unspecified atom stereocenters. The smallest absolute Gasteiger partial charge is 0.252 e. The number of rotatable bonds is 13. The summed E-state index contributed by atoms with van der Waals surface area (Å²) in [6, 6.07) is 156. The second kappa shape index (κ2) is 29.3. The zero-order valence-corrected chi connectivity index (χ0v) is 69.6. The molecule has 20 aromatic rings. The van der Waals surface area contributed by atoms with Crippen molar-refractivity contribution in [1.82, 2.24) is 9.13 Å². The topological polar surface area (TPSA) is 16.3 Å². The summed E-state index contributed by atoms with van der Waals surface area (Å²) in [7, 11) is 0. The standard InChI is InChI=1S/C117H89BN4/c1-76-63-111-113-112(64-76)122(115-99(81-41-21-12-22-42-81)71-92(117(5,6)7)73-101(115)90-50-32-48-87(68-90)85-46-30-44-83(66-85)78-35-15-9-16-36-78)110-75-94(120-107-56-28-25-53-97(107)102-69-88(57-62-108(102)120)79-37-17-10-18-38-79)59-61-104(110)118(113)103-60-58-93(119-105-54-26-23-51-95(105)96-52-24-27-55-106(96)119)74-109(103)121(111)114-98(80-39-19-11-20-40-80)70-91(116(2,3)4)72-100(114)89-49-31-47-86(67-89)84-45-29-43-82(65-84)77-33-13-8-14-34-77/h8-75H,1-7H3. The zero-order valence-electron chi connectivity index (χ0n) is 69.6. The Morgan fingerprint density at radius 2 is 0.500 bits per heavy atom. The Morgan fingerprint density at radius 1 is 0.213 bits per heavy atom. The predicted octanol–water partition coefficient (Wildman–Crippen LogP) is 29.9. The molecule has 4 nitrogen and oxygen atoms in total. The van der Waals surface area contributed by atoms with Gasteiger partial charge >= 0.3 is 0 Å². The van der Waals surface area contributed by atoms with Crippen LogP contribution < -0.4 is 26.2 Å². The van der Waals surface area contributed by atoms with Crippen LogP contribution in [0, 0.1) is 6.92 Å². The molecular weight excluding hydrogens is 1470 g/mol. The van der Waals surface area contributed by atoms with Crippen LogP contribution in [0.5, 0.6) is 0 Å². The second-order valence-electron chi connectivity index (χ2n) is 35.3. The van der Waals surface area contributed by atoms with E-state index < -0.39 is 0 Å². The molecule has 4 heterocycles. The van der Waals surface area contributed by atoms with Gasteiger partial charge in [-0.05, 0) is 244 Å². The van der Waals surface area contributed by atoms with E-state index in [-0.39, 0.29) is 17.5 Å². The molecule has 0 radical (unpaired) electrons. The lowest BCUT2D eigenvalue weighted by atomic mass is 9.33. The fourth-order valence-electron chi connectivity index (χ4n) is 19.6. The normalized spacial score (nSPS) is 12.5. The van der Waals surface area contributed by atoms with Crippen LogP contribution in [0.4, 0.5) is 34.1 Å². The van der Waals surface area contributed by atoms with Gasteiger partial charge in [0.25, 0.3) is 6.71 Å². The van der Waals surface area contributed by atoms with Crippen molar-refractivity contribution >= 4 is 101 Å². The minimum Gasteiger partial charge on any atom is -0.310 e. The lowest BCUT2D eigenvalue weighted by molar-refractivity contribution is 0.590. The van der Waals surface area contributed by atoms with Crippen LogP contribution in [-0.2, 0) is 10.8 Å². The maximum atomic E-state index is 2.74. The monoisotopic (exact) mass is 1560 g/mol. The lowest BCUT2D eigenvalue weighted by Gasteiger charge is -2.46. The van der Waals surface area contributed by atoms with Gasteiger partial charge in [0.05, 0.1) is 33.4 Å². The van der Waals surface area contributed by atoms with Crippen LogP contribution in [-0.4, -0.2) is 15.8 Å². The van der Waals surface area contributed by atoms with Crippen molar-refractivity contribution in [2.45, 2.75) is 59.3 Å². The number of anilines is 6.